The number of carbonyl (C=O) groups is 2. The number of anilines is 1. The van der Waals surface area contributed by atoms with Gasteiger partial charge in [0.25, 0.3) is 0 Å². The Balaban J connectivity index is 1.35. The van der Waals surface area contributed by atoms with Gasteiger partial charge >= 0.3 is 0 Å². The molecule has 160 valence electrons. The zero-order chi connectivity index (χ0) is 21.4. The van der Waals surface area contributed by atoms with Crippen LogP contribution in [0.1, 0.15) is 69.7 Å². The van der Waals surface area contributed by atoms with Gasteiger partial charge in [0.15, 0.2) is 0 Å². The number of aromatic amines is 1. The summed E-state index contributed by atoms with van der Waals surface area (Å²) in [5, 5.41) is 10.4. The summed E-state index contributed by atoms with van der Waals surface area (Å²) in [6.07, 6.45) is 6.57. The molecule has 30 heavy (non-hydrogen) atoms. The second kappa shape index (κ2) is 7.89. The number of H-pyrrole nitrogens is 1. The summed E-state index contributed by atoms with van der Waals surface area (Å²) >= 11 is 0. The van der Waals surface area contributed by atoms with E-state index in [-0.39, 0.29) is 35.5 Å². The molecule has 2 heterocycles. The van der Waals surface area contributed by atoms with Crippen molar-refractivity contribution in [1.29, 1.82) is 0 Å². The van der Waals surface area contributed by atoms with E-state index in [1.54, 1.807) is 0 Å². The predicted octanol–water partition coefficient (Wildman–Crippen LogP) is 3.93. The molecule has 1 aliphatic carbocycles. The summed E-state index contributed by atoms with van der Waals surface area (Å²) in [6.45, 7) is 7.89. The highest BCUT2D eigenvalue weighted by Crippen LogP contribution is 2.43. The van der Waals surface area contributed by atoms with Crippen molar-refractivity contribution >= 4 is 17.5 Å². The van der Waals surface area contributed by atoms with E-state index >= 15 is 0 Å². The zero-order valence-electron chi connectivity index (χ0n) is 18.3. The van der Waals surface area contributed by atoms with E-state index in [1.807, 2.05) is 35.4 Å². The standard InChI is InChI=1S/C24H32N4O2/c1-23(2,3)18-7-4-5-8-19(18)26-20(29)9-10-21(30)28-14-6-12-24(16-28)13-11-17-15-25-27-22(17)24/h4-5,7-8,15H,6,9-14,16H2,1-3H3,(H,25,27)(H,26,29). The zero-order valence-corrected chi connectivity index (χ0v) is 18.3. The van der Waals surface area contributed by atoms with Crippen molar-refractivity contribution < 1.29 is 9.59 Å². The van der Waals surface area contributed by atoms with E-state index in [0.29, 0.717) is 0 Å². The quantitative estimate of drug-likeness (QED) is 0.805. The summed E-state index contributed by atoms with van der Waals surface area (Å²) in [5.74, 6) is -0.0372. The Morgan fingerprint density at radius 1 is 1.20 bits per heavy atom. The fourth-order valence-corrected chi connectivity index (χ4v) is 5.05. The topological polar surface area (TPSA) is 78.1 Å². The van der Waals surface area contributed by atoms with E-state index in [1.165, 1.54) is 11.3 Å². The maximum absolute atomic E-state index is 12.9. The number of likely N-dealkylation sites (tertiary alicyclic amines) is 1. The van der Waals surface area contributed by atoms with Crippen LogP contribution in [0.3, 0.4) is 0 Å². The second-order valence-electron chi connectivity index (χ2n) is 9.81. The molecule has 2 N–H and O–H groups in total. The number of hydrogen-bond donors (Lipinski definition) is 2. The number of fused-ring (bicyclic) bond motifs is 2. The van der Waals surface area contributed by atoms with Crippen LogP contribution in [0.15, 0.2) is 30.5 Å². The minimum atomic E-state index is -0.108. The molecule has 1 atom stereocenters. The highest BCUT2D eigenvalue weighted by molar-refractivity contribution is 5.94. The smallest absolute Gasteiger partial charge is 0.224 e. The van der Waals surface area contributed by atoms with Gasteiger partial charge in [0.2, 0.25) is 11.8 Å². The van der Waals surface area contributed by atoms with E-state index in [2.05, 4.69) is 36.3 Å². The van der Waals surface area contributed by atoms with Crippen LogP contribution in [-0.2, 0) is 26.8 Å². The number of carbonyl (C=O) groups excluding carboxylic acids is 2. The molecular weight excluding hydrogens is 376 g/mol. The Hall–Kier alpha value is -2.63. The van der Waals surface area contributed by atoms with Gasteiger partial charge < -0.3 is 10.2 Å². The van der Waals surface area contributed by atoms with Gasteiger partial charge in [0.05, 0.1) is 6.20 Å². The number of nitrogens with one attached hydrogen (secondary N) is 2. The number of piperidine rings is 1. The Morgan fingerprint density at radius 2 is 2.00 bits per heavy atom. The van der Waals surface area contributed by atoms with Crippen molar-refractivity contribution in [3.05, 3.63) is 47.3 Å². The van der Waals surface area contributed by atoms with Gasteiger partial charge in [0.1, 0.15) is 0 Å². The first-order chi connectivity index (χ1) is 14.3. The number of para-hydroxylation sites is 1. The predicted molar refractivity (Wildman–Crippen MR) is 117 cm³/mol. The van der Waals surface area contributed by atoms with Gasteiger partial charge in [-0.15, -0.1) is 0 Å². The van der Waals surface area contributed by atoms with E-state index in [4.69, 9.17) is 0 Å². The van der Waals surface area contributed by atoms with Gasteiger partial charge in [-0.2, -0.15) is 5.10 Å². The highest BCUT2D eigenvalue weighted by atomic mass is 16.2. The number of aryl methyl sites for hydroxylation is 1. The average Bonchev–Trinajstić information content (AvgIpc) is 3.31. The van der Waals surface area contributed by atoms with Crippen molar-refractivity contribution in [3.8, 4) is 0 Å². The molecule has 6 heteroatoms. The van der Waals surface area contributed by atoms with Gasteiger partial charge in [-0.25, -0.2) is 0 Å². The monoisotopic (exact) mass is 408 g/mol. The number of amides is 2. The maximum atomic E-state index is 12.9. The third-order valence-corrected chi connectivity index (χ3v) is 6.63. The fourth-order valence-electron chi connectivity index (χ4n) is 5.05. The van der Waals surface area contributed by atoms with Crippen molar-refractivity contribution in [2.45, 2.75) is 70.1 Å². The largest absolute Gasteiger partial charge is 0.342 e. The van der Waals surface area contributed by atoms with Crippen LogP contribution in [0.4, 0.5) is 5.69 Å². The van der Waals surface area contributed by atoms with Gasteiger partial charge in [-0.1, -0.05) is 39.0 Å². The molecule has 6 nitrogen and oxygen atoms in total. The molecule has 1 fully saturated rings. The first-order valence-electron chi connectivity index (χ1n) is 11.0. The molecule has 0 radical (unpaired) electrons. The van der Waals surface area contributed by atoms with E-state index in [9.17, 15) is 9.59 Å². The summed E-state index contributed by atoms with van der Waals surface area (Å²) in [5.41, 5.74) is 4.40. The summed E-state index contributed by atoms with van der Waals surface area (Å²) in [6, 6.07) is 7.88. The van der Waals surface area contributed by atoms with Crippen LogP contribution in [0.5, 0.6) is 0 Å². The lowest BCUT2D eigenvalue weighted by Crippen LogP contribution is -2.48. The molecule has 2 aliphatic rings. The van der Waals surface area contributed by atoms with Crippen LogP contribution in [0, 0.1) is 0 Å². The lowest BCUT2D eigenvalue weighted by molar-refractivity contribution is -0.135. The maximum Gasteiger partial charge on any atom is 0.224 e. The van der Waals surface area contributed by atoms with E-state index < -0.39 is 0 Å². The first kappa shape index (κ1) is 20.6. The average molecular weight is 409 g/mol. The normalized spacial score (nSPS) is 21.0. The molecule has 0 bridgehead atoms. The SMILES string of the molecule is CC(C)(C)c1ccccc1NC(=O)CCC(=O)N1CCCC2(CCc3cn[nH]c32)C1. The summed E-state index contributed by atoms with van der Waals surface area (Å²) in [4.78, 5) is 27.4. The molecule has 1 aromatic heterocycles. The van der Waals surface area contributed by atoms with E-state index in [0.717, 1.165) is 50.0 Å². The molecule has 1 saturated heterocycles. The van der Waals surface area contributed by atoms with Gasteiger partial charge in [-0.05, 0) is 48.3 Å². The first-order valence-corrected chi connectivity index (χ1v) is 11.0. The van der Waals surface area contributed by atoms with Crippen LogP contribution < -0.4 is 5.32 Å². The second-order valence-corrected chi connectivity index (χ2v) is 9.81. The Labute approximate surface area is 178 Å². The number of rotatable bonds is 4. The molecule has 1 aliphatic heterocycles. The molecule has 2 aromatic rings. The summed E-state index contributed by atoms with van der Waals surface area (Å²) in [7, 11) is 0. The molecule has 2 amide bonds. The molecule has 0 saturated carbocycles. The molecule has 4 rings (SSSR count). The summed E-state index contributed by atoms with van der Waals surface area (Å²) < 4.78 is 0. The Kier molecular flexibility index (Phi) is 5.43. The van der Waals surface area contributed by atoms with Gasteiger partial charge in [0, 0.05) is 42.7 Å². The van der Waals surface area contributed by atoms with Crippen molar-refractivity contribution in [3.63, 3.8) is 0 Å². The number of nitrogens with zero attached hydrogens (tertiary/aromatic N) is 2. The third kappa shape index (κ3) is 4.00. The van der Waals surface area contributed by atoms with Crippen LogP contribution in [0.2, 0.25) is 0 Å². The van der Waals surface area contributed by atoms with Crippen molar-refractivity contribution in [2.75, 3.05) is 18.4 Å². The van der Waals surface area contributed by atoms with Crippen molar-refractivity contribution in [1.82, 2.24) is 15.1 Å². The number of hydrogen-bond acceptors (Lipinski definition) is 3. The minimum absolute atomic E-state index is 0.0215. The molecular formula is C24H32N4O2. The van der Waals surface area contributed by atoms with Gasteiger partial charge in [-0.3, -0.25) is 14.7 Å². The Bertz CT molecular complexity index is 943. The fraction of sp³-hybridized carbons (Fsp3) is 0.542. The Morgan fingerprint density at radius 3 is 2.80 bits per heavy atom. The number of benzene rings is 1. The van der Waals surface area contributed by atoms with Crippen LogP contribution >= 0.6 is 0 Å². The number of aromatic nitrogens is 2. The van der Waals surface area contributed by atoms with Crippen LogP contribution in [0.25, 0.3) is 0 Å². The minimum Gasteiger partial charge on any atom is -0.342 e. The third-order valence-electron chi connectivity index (χ3n) is 6.63. The lowest BCUT2D eigenvalue weighted by atomic mass is 9.77. The molecule has 1 aromatic carbocycles. The lowest BCUT2D eigenvalue weighted by Gasteiger charge is -2.40. The van der Waals surface area contributed by atoms with Crippen molar-refractivity contribution in [2.24, 2.45) is 0 Å². The molecule has 1 unspecified atom stereocenters. The molecule has 1 spiro atoms. The van der Waals surface area contributed by atoms with Crippen LogP contribution in [-0.4, -0.2) is 40.0 Å². The highest BCUT2D eigenvalue weighted by Gasteiger charge is 2.44.